The number of carbonyl (C=O) groups excluding carboxylic acids is 1. The molecule has 0 saturated carbocycles. The van der Waals surface area contributed by atoms with E-state index in [9.17, 15) is 4.79 Å². The van der Waals surface area contributed by atoms with Crippen LogP contribution in [-0.4, -0.2) is 44.4 Å². The van der Waals surface area contributed by atoms with Gasteiger partial charge in [-0.2, -0.15) is 0 Å². The van der Waals surface area contributed by atoms with E-state index < -0.39 is 0 Å². The van der Waals surface area contributed by atoms with E-state index in [0.29, 0.717) is 23.4 Å². The number of pyridine rings is 1. The Labute approximate surface area is 109 Å². The third-order valence-electron chi connectivity index (χ3n) is 2.12. The Morgan fingerprint density at radius 1 is 1.53 bits per heavy atom. The van der Waals surface area contributed by atoms with Crippen molar-refractivity contribution in [3.63, 3.8) is 0 Å². The molecule has 0 radical (unpaired) electrons. The van der Waals surface area contributed by atoms with Crippen molar-refractivity contribution in [2.75, 3.05) is 27.4 Å². The Bertz CT molecular complexity index is 373. The molecular weight excluding hydrogens is 288 g/mol. The molecule has 1 amide bonds. The lowest BCUT2D eigenvalue weighted by atomic mass is 10.3. The first-order valence-corrected chi connectivity index (χ1v) is 5.89. The smallest absolute Gasteiger partial charge is 0.270 e. The number of halogens is 1. The van der Waals surface area contributed by atoms with Crippen LogP contribution in [0.3, 0.4) is 0 Å². The SMILES string of the molecule is COCC(CNC(=O)c1cccc(Br)n1)OC. The van der Waals surface area contributed by atoms with Crippen LogP contribution in [0.2, 0.25) is 0 Å². The summed E-state index contributed by atoms with van der Waals surface area (Å²) in [5.74, 6) is -0.232. The maximum atomic E-state index is 11.7. The van der Waals surface area contributed by atoms with Gasteiger partial charge in [-0.1, -0.05) is 6.07 Å². The lowest BCUT2D eigenvalue weighted by Gasteiger charge is -2.14. The number of ether oxygens (including phenoxy) is 2. The van der Waals surface area contributed by atoms with Gasteiger partial charge in [-0.3, -0.25) is 4.79 Å². The van der Waals surface area contributed by atoms with Crippen molar-refractivity contribution in [1.29, 1.82) is 0 Å². The molecule has 1 heterocycles. The first kappa shape index (κ1) is 14.1. The Kier molecular flexibility index (Phi) is 6.10. The summed E-state index contributed by atoms with van der Waals surface area (Å²) in [6, 6.07) is 5.17. The summed E-state index contributed by atoms with van der Waals surface area (Å²) in [4.78, 5) is 15.8. The molecule has 0 aliphatic carbocycles. The van der Waals surface area contributed by atoms with E-state index in [4.69, 9.17) is 9.47 Å². The Balaban J connectivity index is 2.49. The van der Waals surface area contributed by atoms with E-state index in [1.807, 2.05) is 0 Å². The predicted octanol–water partition coefficient (Wildman–Crippen LogP) is 1.24. The molecule has 0 aromatic carbocycles. The summed E-state index contributed by atoms with van der Waals surface area (Å²) in [6.45, 7) is 0.820. The quantitative estimate of drug-likeness (QED) is 0.803. The highest BCUT2D eigenvalue weighted by Crippen LogP contribution is 2.06. The zero-order valence-electron chi connectivity index (χ0n) is 9.77. The van der Waals surface area contributed by atoms with Gasteiger partial charge < -0.3 is 14.8 Å². The average Bonchev–Trinajstić information content (AvgIpc) is 2.34. The van der Waals surface area contributed by atoms with E-state index in [-0.39, 0.29) is 12.0 Å². The van der Waals surface area contributed by atoms with Crippen molar-refractivity contribution < 1.29 is 14.3 Å². The van der Waals surface area contributed by atoms with Crippen molar-refractivity contribution in [3.8, 4) is 0 Å². The Morgan fingerprint density at radius 2 is 2.29 bits per heavy atom. The van der Waals surface area contributed by atoms with Crippen LogP contribution in [0.5, 0.6) is 0 Å². The first-order valence-electron chi connectivity index (χ1n) is 5.10. The molecule has 0 aliphatic heterocycles. The van der Waals surface area contributed by atoms with Crippen LogP contribution < -0.4 is 5.32 Å². The number of nitrogens with one attached hydrogen (secondary N) is 1. The number of hydrogen-bond donors (Lipinski definition) is 1. The van der Waals surface area contributed by atoms with Gasteiger partial charge in [0.15, 0.2) is 0 Å². The Morgan fingerprint density at radius 3 is 2.88 bits per heavy atom. The molecule has 1 unspecified atom stereocenters. The van der Waals surface area contributed by atoms with Gasteiger partial charge in [-0.25, -0.2) is 4.98 Å². The molecule has 5 nitrogen and oxygen atoms in total. The second-order valence-corrected chi connectivity index (χ2v) is 4.18. The van der Waals surface area contributed by atoms with Gasteiger partial charge in [-0.05, 0) is 28.1 Å². The summed E-state index contributed by atoms with van der Waals surface area (Å²) < 4.78 is 10.7. The zero-order valence-corrected chi connectivity index (χ0v) is 11.4. The zero-order chi connectivity index (χ0) is 12.7. The molecule has 1 rings (SSSR count). The predicted molar refractivity (Wildman–Crippen MR) is 66.9 cm³/mol. The lowest BCUT2D eigenvalue weighted by Crippen LogP contribution is -2.35. The van der Waals surface area contributed by atoms with Gasteiger partial charge in [0.05, 0.1) is 12.7 Å². The highest BCUT2D eigenvalue weighted by Gasteiger charge is 2.11. The molecule has 0 aliphatic rings. The van der Waals surface area contributed by atoms with Crippen LogP contribution in [0.15, 0.2) is 22.8 Å². The second-order valence-electron chi connectivity index (χ2n) is 3.37. The van der Waals surface area contributed by atoms with Gasteiger partial charge in [0.2, 0.25) is 0 Å². The van der Waals surface area contributed by atoms with Gasteiger partial charge >= 0.3 is 0 Å². The number of nitrogens with zero attached hydrogens (tertiary/aromatic N) is 1. The van der Waals surface area contributed by atoms with E-state index in [2.05, 4.69) is 26.2 Å². The van der Waals surface area contributed by atoms with E-state index in [1.54, 1.807) is 32.4 Å². The van der Waals surface area contributed by atoms with Gasteiger partial charge in [0.1, 0.15) is 10.3 Å². The van der Waals surface area contributed by atoms with Gasteiger partial charge in [0, 0.05) is 20.8 Å². The molecule has 1 aromatic heterocycles. The summed E-state index contributed by atoms with van der Waals surface area (Å²) >= 11 is 3.21. The minimum Gasteiger partial charge on any atom is -0.382 e. The molecule has 94 valence electrons. The molecule has 0 fully saturated rings. The number of carbonyl (C=O) groups is 1. The average molecular weight is 303 g/mol. The van der Waals surface area contributed by atoms with Gasteiger partial charge in [-0.15, -0.1) is 0 Å². The fourth-order valence-electron chi connectivity index (χ4n) is 1.23. The maximum absolute atomic E-state index is 11.7. The van der Waals surface area contributed by atoms with Crippen molar-refractivity contribution in [3.05, 3.63) is 28.5 Å². The number of amides is 1. The standard InChI is InChI=1S/C11H15BrN2O3/c1-16-7-8(17-2)6-13-11(15)9-4-3-5-10(12)14-9/h3-5,8H,6-7H2,1-2H3,(H,13,15). The normalized spacial score (nSPS) is 12.2. The first-order chi connectivity index (χ1) is 8.17. The van der Waals surface area contributed by atoms with Crippen molar-refractivity contribution in [1.82, 2.24) is 10.3 Å². The van der Waals surface area contributed by atoms with Crippen LogP contribution in [-0.2, 0) is 9.47 Å². The van der Waals surface area contributed by atoms with Gasteiger partial charge in [0.25, 0.3) is 5.91 Å². The van der Waals surface area contributed by atoms with Crippen molar-refractivity contribution in [2.24, 2.45) is 0 Å². The number of aromatic nitrogens is 1. The van der Waals surface area contributed by atoms with Crippen LogP contribution in [0.4, 0.5) is 0 Å². The van der Waals surface area contributed by atoms with E-state index in [1.165, 1.54) is 0 Å². The van der Waals surface area contributed by atoms with Crippen LogP contribution in [0.1, 0.15) is 10.5 Å². The monoisotopic (exact) mass is 302 g/mol. The largest absolute Gasteiger partial charge is 0.382 e. The van der Waals surface area contributed by atoms with Crippen LogP contribution in [0, 0.1) is 0 Å². The van der Waals surface area contributed by atoms with Crippen molar-refractivity contribution >= 4 is 21.8 Å². The van der Waals surface area contributed by atoms with E-state index >= 15 is 0 Å². The topological polar surface area (TPSA) is 60.5 Å². The summed E-state index contributed by atoms with van der Waals surface area (Å²) in [6.07, 6.45) is -0.156. The molecule has 1 aromatic rings. The molecule has 0 bridgehead atoms. The number of methoxy groups -OCH3 is 2. The number of hydrogen-bond acceptors (Lipinski definition) is 4. The molecule has 6 heteroatoms. The third kappa shape index (κ3) is 4.80. The highest BCUT2D eigenvalue weighted by molar-refractivity contribution is 9.10. The summed E-state index contributed by atoms with van der Waals surface area (Å²) in [5.41, 5.74) is 0.367. The maximum Gasteiger partial charge on any atom is 0.270 e. The highest BCUT2D eigenvalue weighted by atomic mass is 79.9. The van der Waals surface area contributed by atoms with E-state index in [0.717, 1.165) is 0 Å². The third-order valence-corrected chi connectivity index (χ3v) is 2.57. The molecule has 17 heavy (non-hydrogen) atoms. The number of rotatable bonds is 6. The van der Waals surface area contributed by atoms with Crippen molar-refractivity contribution in [2.45, 2.75) is 6.10 Å². The second kappa shape index (κ2) is 7.37. The molecule has 1 N–H and O–H groups in total. The fraction of sp³-hybridized carbons (Fsp3) is 0.455. The minimum atomic E-state index is -0.232. The molecule has 0 saturated heterocycles. The molecular formula is C11H15BrN2O3. The van der Waals surface area contributed by atoms with Crippen LogP contribution in [0.25, 0.3) is 0 Å². The lowest BCUT2D eigenvalue weighted by molar-refractivity contribution is 0.0285. The summed E-state index contributed by atoms with van der Waals surface area (Å²) in [7, 11) is 3.16. The molecule has 1 atom stereocenters. The fourth-order valence-corrected chi connectivity index (χ4v) is 1.57. The van der Waals surface area contributed by atoms with Crippen LogP contribution >= 0.6 is 15.9 Å². The molecule has 0 spiro atoms. The summed E-state index contributed by atoms with van der Waals surface area (Å²) in [5, 5.41) is 2.73. The Hall–Kier alpha value is -0.980. The minimum absolute atomic E-state index is 0.156.